The molecule has 0 amide bonds. The summed E-state index contributed by atoms with van der Waals surface area (Å²) in [6, 6.07) is 4.85. The van der Waals surface area contributed by atoms with E-state index < -0.39 is 0 Å². The second-order valence-corrected chi connectivity index (χ2v) is 4.06. The number of halogens is 2. The SMILES string of the molecule is O=C(C1=COCC1)c1cc(Cl)ccc1Cl. The quantitative estimate of drug-likeness (QED) is 0.743. The summed E-state index contributed by atoms with van der Waals surface area (Å²) in [5.41, 5.74) is 1.07. The number of rotatable bonds is 2. The van der Waals surface area contributed by atoms with E-state index in [0.717, 1.165) is 0 Å². The zero-order valence-corrected chi connectivity index (χ0v) is 9.31. The highest BCUT2D eigenvalue weighted by Crippen LogP contribution is 2.25. The highest BCUT2D eigenvalue weighted by molar-refractivity contribution is 6.36. The van der Waals surface area contributed by atoms with Gasteiger partial charge in [-0.3, -0.25) is 4.79 Å². The van der Waals surface area contributed by atoms with Crippen molar-refractivity contribution in [3.05, 3.63) is 45.6 Å². The number of hydrogen-bond acceptors (Lipinski definition) is 2. The number of Topliss-reactive ketones (excluding diaryl/α,β-unsaturated/α-hetero) is 1. The highest BCUT2D eigenvalue weighted by Gasteiger charge is 2.19. The summed E-state index contributed by atoms with van der Waals surface area (Å²) in [7, 11) is 0. The molecule has 0 N–H and O–H groups in total. The van der Waals surface area contributed by atoms with Crippen LogP contribution < -0.4 is 0 Å². The minimum absolute atomic E-state index is 0.111. The van der Waals surface area contributed by atoms with Gasteiger partial charge in [0.1, 0.15) is 0 Å². The van der Waals surface area contributed by atoms with Crippen molar-refractivity contribution in [1.29, 1.82) is 0 Å². The maximum absolute atomic E-state index is 11.9. The van der Waals surface area contributed by atoms with Gasteiger partial charge in [0.05, 0.1) is 17.9 Å². The summed E-state index contributed by atoms with van der Waals surface area (Å²) in [6.45, 7) is 0.555. The fraction of sp³-hybridized carbons (Fsp3) is 0.182. The molecule has 0 saturated heterocycles. The minimum Gasteiger partial charge on any atom is -0.500 e. The van der Waals surface area contributed by atoms with Crippen LogP contribution >= 0.6 is 23.2 Å². The van der Waals surface area contributed by atoms with Crippen LogP contribution in [0.15, 0.2) is 30.0 Å². The zero-order chi connectivity index (χ0) is 10.8. The first-order valence-electron chi connectivity index (χ1n) is 4.49. The normalized spacial score (nSPS) is 14.7. The molecule has 1 heterocycles. The Morgan fingerprint density at radius 1 is 1.33 bits per heavy atom. The monoisotopic (exact) mass is 242 g/mol. The molecule has 0 atom stereocenters. The van der Waals surface area contributed by atoms with Crippen molar-refractivity contribution >= 4 is 29.0 Å². The van der Waals surface area contributed by atoms with Gasteiger partial charge in [0.2, 0.25) is 0 Å². The third-order valence-electron chi connectivity index (χ3n) is 2.18. The Bertz CT molecular complexity index is 438. The minimum atomic E-state index is -0.111. The van der Waals surface area contributed by atoms with Crippen LogP contribution in [-0.4, -0.2) is 12.4 Å². The van der Waals surface area contributed by atoms with E-state index in [4.69, 9.17) is 27.9 Å². The Kier molecular flexibility index (Phi) is 2.98. The van der Waals surface area contributed by atoms with Crippen LogP contribution in [0.25, 0.3) is 0 Å². The number of carbonyl (C=O) groups excluding carboxylic acids is 1. The van der Waals surface area contributed by atoms with Crippen molar-refractivity contribution in [3.63, 3.8) is 0 Å². The average Bonchev–Trinajstić information content (AvgIpc) is 2.74. The molecule has 15 heavy (non-hydrogen) atoms. The Morgan fingerprint density at radius 3 is 2.80 bits per heavy atom. The summed E-state index contributed by atoms with van der Waals surface area (Å²) >= 11 is 11.7. The van der Waals surface area contributed by atoms with E-state index in [2.05, 4.69) is 0 Å². The number of ether oxygens (including phenoxy) is 1. The molecule has 78 valence electrons. The molecule has 0 spiro atoms. The molecule has 0 fully saturated rings. The predicted molar refractivity (Wildman–Crippen MR) is 59.4 cm³/mol. The lowest BCUT2D eigenvalue weighted by Gasteiger charge is -2.03. The average molecular weight is 243 g/mol. The topological polar surface area (TPSA) is 26.3 Å². The standard InChI is InChI=1S/C11H8Cl2O2/c12-8-1-2-10(13)9(5-8)11(14)7-3-4-15-6-7/h1-2,5-6H,3-4H2. The second kappa shape index (κ2) is 4.25. The molecule has 1 aromatic carbocycles. The predicted octanol–water partition coefficient (Wildman–Crippen LogP) is 3.48. The van der Waals surface area contributed by atoms with Gasteiger partial charge in [0, 0.05) is 22.6 Å². The lowest BCUT2D eigenvalue weighted by atomic mass is 10.0. The summed E-state index contributed by atoms with van der Waals surface area (Å²) in [4.78, 5) is 11.9. The highest BCUT2D eigenvalue weighted by atomic mass is 35.5. The van der Waals surface area contributed by atoms with Gasteiger partial charge in [-0.2, -0.15) is 0 Å². The molecule has 1 aromatic rings. The smallest absolute Gasteiger partial charge is 0.193 e. The van der Waals surface area contributed by atoms with Crippen LogP contribution in [0, 0.1) is 0 Å². The molecule has 1 aliphatic rings. The molecule has 0 radical (unpaired) electrons. The Balaban J connectivity index is 2.36. The molecular weight excluding hydrogens is 235 g/mol. The Labute approximate surface area is 97.4 Å². The third-order valence-corrected chi connectivity index (χ3v) is 2.74. The molecule has 2 rings (SSSR count). The molecule has 1 aliphatic heterocycles. The van der Waals surface area contributed by atoms with Crippen LogP contribution in [0.2, 0.25) is 10.0 Å². The largest absolute Gasteiger partial charge is 0.500 e. The lowest BCUT2D eigenvalue weighted by molar-refractivity contribution is 0.103. The van der Waals surface area contributed by atoms with Crippen LogP contribution in [0.4, 0.5) is 0 Å². The van der Waals surface area contributed by atoms with Crippen molar-refractivity contribution in [2.24, 2.45) is 0 Å². The van der Waals surface area contributed by atoms with Gasteiger partial charge >= 0.3 is 0 Å². The maximum Gasteiger partial charge on any atom is 0.193 e. The van der Waals surface area contributed by atoms with Crippen molar-refractivity contribution in [2.45, 2.75) is 6.42 Å². The fourth-order valence-corrected chi connectivity index (χ4v) is 1.77. The molecule has 0 aromatic heterocycles. The first kappa shape index (κ1) is 10.5. The van der Waals surface area contributed by atoms with Crippen LogP contribution in [-0.2, 0) is 4.74 Å². The van der Waals surface area contributed by atoms with Crippen molar-refractivity contribution < 1.29 is 9.53 Å². The first-order valence-corrected chi connectivity index (χ1v) is 5.24. The second-order valence-electron chi connectivity index (χ2n) is 3.22. The van der Waals surface area contributed by atoms with Crippen molar-refractivity contribution in [1.82, 2.24) is 0 Å². The fourth-order valence-electron chi connectivity index (χ4n) is 1.40. The van der Waals surface area contributed by atoms with E-state index in [-0.39, 0.29) is 5.78 Å². The Morgan fingerprint density at radius 2 is 2.13 bits per heavy atom. The molecule has 4 heteroatoms. The van der Waals surface area contributed by atoms with Crippen LogP contribution in [0.3, 0.4) is 0 Å². The molecule has 0 saturated carbocycles. The maximum atomic E-state index is 11.9. The van der Waals surface area contributed by atoms with Gasteiger partial charge in [0.25, 0.3) is 0 Å². The van der Waals surface area contributed by atoms with Crippen molar-refractivity contribution in [3.8, 4) is 0 Å². The number of benzene rings is 1. The summed E-state index contributed by atoms with van der Waals surface area (Å²) in [5, 5.41) is 0.916. The van der Waals surface area contributed by atoms with E-state index >= 15 is 0 Å². The summed E-state index contributed by atoms with van der Waals surface area (Å²) in [6.07, 6.45) is 2.11. The van der Waals surface area contributed by atoms with Gasteiger partial charge in [-0.25, -0.2) is 0 Å². The summed E-state index contributed by atoms with van der Waals surface area (Å²) < 4.78 is 5.01. The lowest BCUT2D eigenvalue weighted by Crippen LogP contribution is -2.02. The summed E-state index contributed by atoms with van der Waals surface area (Å²) in [5.74, 6) is -0.111. The molecular formula is C11H8Cl2O2. The molecule has 0 aliphatic carbocycles. The molecule has 2 nitrogen and oxygen atoms in total. The van der Waals surface area contributed by atoms with E-state index in [9.17, 15) is 4.79 Å². The van der Waals surface area contributed by atoms with E-state index in [0.29, 0.717) is 34.2 Å². The number of hydrogen-bond donors (Lipinski definition) is 0. The van der Waals surface area contributed by atoms with E-state index in [1.54, 1.807) is 18.2 Å². The van der Waals surface area contributed by atoms with Crippen LogP contribution in [0.1, 0.15) is 16.8 Å². The van der Waals surface area contributed by atoms with Gasteiger partial charge in [-0.05, 0) is 18.2 Å². The van der Waals surface area contributed by atoms with Crippen LogP contribution in [0.5, 0.6) is 0 Å². The number of ketones is 1. The van der Waals surface area contributed by atoms with Gasteiger partial charge in [-0.15, -0.1) is 0 Å². The third kappa shape index (κ3) is 2.16. The molecule has 0 bridgehead atoms. The molecule has 0 unspecified atom stereocenters. The first-order chi connectivity index (χ1) is 7.18. The van der Waals surface area contributed by atoms with Gasteiger partial charge < -0.3 is 4.74 Å². The van der Waals surface area contributed by atoms with E-state index in [1.807, 2.05) is 0 Å². The van der Waals surface area contributed by atoms with Gasteiger partial charge in [0.15, 0.2) is 5.78 Å². The Hall–Kier alpha value is -0.990. The van der Waals surface area contributed by atoms with Gasteiger partial charge in [-0.1, -0.05) is 23.2 Å². The van der Waals surface area contributed by atoms with Crippen molar-refractivity contribution in [2.75, 3.05) is 6.61 Å². The van der Waals surface area contributed by atoms with E-state index in [1.165, 1.54) is 6.26 Å². The zero-order valence-electron chi connectivity index (χ0n) is 7.80. The number of carbonyl (C=O) groups is 1.